The first-order valence-electron chi connectivity index (χ1n) is 4.25. The van der Waals surface area contributed by atoms with Gasteiger partial charge < -0.3 is 4.74 Å². The van der Waals surface area contributed by atoms with E-state index in [0.29, 0.717) is 6.61 Å². The van der Waals surface area contributed by atoms with Crippen LogP contribution in [0.5, 0.6) is 0 Å². The van der Waals surface area contributed by atoms with Gasteiger partial charge in [0.15, 0.2) is 0 Å². The van der Waals surface area contributed by atoms with E-state index in [9.17, 15) is 9.59 Å². The number of hydrogen-bond donors (Lipinski definition) is 0. The molecule has 0 atom stereocenters. The first-order chi connectivity index (χ1) is 6.19. The first-order valence-corrected chi connectivity index (χ1v) is 4.25. The second-order valence-electron chi connectivity index (χ2n) is 3.50. The summed E-state index contributed by atoms with van der Waals surface area (Å²) in [5.74, 6) is -0.417. The molecule has 0 aromatic carbocycles. The average Bonchev–Trinajstić information content (AvgIpc) is 2.76. The van der Waals surface area contributed by atoms with E-state index < -0.39 is 0 Å². The SMILES string of the molecule is COCC1(N2C(=O)C=CC2=O)CC1. The van der Waals surface area contributed by atoms with Gasteiger partial charge in [-0.2, -0.15) is 0 Å². The number of nitrogens with zero attached hydrogens (tertiary/aromatic N) is 1. The zero-order valence-electron chi connectivity index (χ0n) is 7.45. The largest absolute Gasteiger partial charge is 0.382 e. The van der Waals surface area contributed by atoms with E-state index in [0.717, 1.165) is 12.8 Å². The Morgan fingerprint density at radius 1 is 1.38 bits per heavy atom. The van der Waals surface area contributed by atoms with E-state index in [4.69, 9.17) is 4.74 Å². The van der Waals surface area contributed by atoms with Gasteiger partial charge in [0.05, 0.1) is 12.1 Å². The number of ether oxygens (including phenoxy) is 1. The van der Waals surface area contributed by atoms with Gasteiger partial charge in [0.1, 0.15) is 0 Å². The molecular weight excluding hydrogens is 170 g/mol. The molecule has 0 aromatic heterocycles. The second kappa shape index (κ2) is 2.67. The fraction of sp³-hybridized carbons (Fsp3) is 0.556. The third-order valence-electron chi connectivity index (χ3n) is 2.52. The van der Waals surface area contributed by atoms with Crippen LogP contribution in [0.4, 0.5) is 0 Å². The summed E-state index contributed by atoms with van der Waals surface area (Å²) in [6.07, 6.45) is 4.36. The lowest BCUT2D eigenvalue weighted by Crippen LogP contribution is -2.44. The lowest BCUT2D eigenvalue weighted by atomic mass is 10.2. The molecule has 13 heavy (non-hydrogen) atoms. The minimum Gasteiger partial charge on any atom is -0.382 e. The van der Waals surface area contributed by atoms with Gasteiger partial charge in [-0.1, -0.05) is 0 Å². The molecule has 4 nitrogen and oxygen atoms in total. The van der Waals surface area contributed by atoms with Crippen molar-refractivity contribution in [3.63, 3.8) is 0 Å². The standard InChI is InChI=1S/C9H11NO3/c1-13-6-9(4-5-9)10-7(11)2-3-8(10)12/h2-3H,4-6H2,1H3. The smallest absolute Gasteiger partial charge is 0.254 e. The second-order valence-corrected chi connectivity index (χ2v) is 3.50. The maximum Gasteiger partial charge on any atom is 0.254 e. The van der Waals surface area contributed by atoms with Gasteiger partial charge in [0, 0.05) is 19.3 Å². The molecule has 2 amide bonds. The molecule has 1 saturated carbocycles. The van der Waals surface area contributed by atoms with Gasteiger partial charge in [-0.15, -0.1) is 0 Å². The minimum atomic E-state index is -0.327. The van der Waals surface area contributed by atoms with Crippen molar-refractivity contribution in [2.24, 2.45) is 0 Å². The zero-order chi connectivity index (χ0) is 9.47. The van der Waals surface area contributed by atoms with Crippen LogP contribution < -0.4 is 0 Å². The predicted molar refractivity (Wildman–Crippen MR) is 44.8 cm³/mol. The average molecular weight is 181 g/mol. The highest BCUT2D eigenvalue weighted by atomic mass is 16.5. The molecule has 0 radical (unpaired) electrons. The van der Waals surface area contributed by atoms with Crippen molar-refractivity contribution < 1.29 is 14.3 Å². The van der Waals surface area contributed by atoms with Gasteiger partial charge in [-0.3, -0.25) is 14.5 Å². The summed E-state index contributed by atoms with van der Waals surface area (Å²) in [6.45, 7) is 0.451. The fourth-order valence-electron chi connectivity index (χ4n) is 1.71. The lowest BCUT2D eigenvalue weighted by Gasteiger charge is -2.24. The molecule has 0 spiro atoms. The van der Waals surface area contributed by atoms with Crippen molar-refractivity contribution in [3.05, 3.63) is 12.2 Å². The maximum absolute atomic E-state index is 11.3. The van der Waals surface area contributed by atoms with Gasteiger partial charge in [0.25, 0.3) is 11.8 Å². The molecule has 0 aromatic rings. The molecule has 0 N–H and O–H groups in total. The third-order valence-corrected chi connectivity index (χ3v) is 2.52. The zero-order valence-corrected chi connectivity index (χ0v) is 7.45. The summed E-state index contributed by atoms with van der Waals surface area (Å²) < 4.78 is 5.00. The monoisotopic (exact) mass is 181 g/mol. The number of rotatable bonds is 3. The number of hydrogen-bond acceptors (Lipinski definition) is 3. The number of amides is 2. The van der Waals surface area contributed by atoms with Crippen molar-refractivity contribution in [1.29, 1.82) is 0 Å². The van der Waals surface area contributed by atoms with Crippen molar-refractivity contribution in [3.8, 4) is 0 Å². The summed E-state index contributed by atoms with van der Waals surface area (Å²) in [7, 11) is 1.58. The van der Waals surface area contributed by atoms with Crippen molar-refractivity contribution in [1.82, 2.24) is 4.90 Å². The highest BCUT2D eigenvalue weighted by molar-refractivity contribution is 6.13. The molecule has 2 aliphatic rings. The van der Waals surface area contributed by atoms with E-state index in [2.05, 4.69) is 0 Å². The van der Waals surface area contributed by atoms with Crippen LogP contribution >= 0.6 is 0 Å². The Balaban J connectivity index is 2.17. The maximum atomic E-state index is 11.3. The Morgan fingerprint density at radius 3 is 2.31 bits per heavy atom. The number of methoxy groups -OCH3 is 1. The van der Waals surface area contributed by atoms with Gasteiger partial charge in [-0.05, 0) is 12.8 Å². The first kappa shape index (κ1) is 8.44. The molecule has 70 valence electrons. The number of carbonyl (C=O) groups is 2. The van der Waals surface area contributed by atoms with Crippen molar-refractivity contribution in [2.45, 2.75) is 18.4 Å². The van der Waals surface area contributed by atoms with E-state index in [1.165, 1.54) is 17.1 Å². The quantitative estimate of drug-likeness (QED) is 0.580. The van der Waals surface area contributed by atoms with Crippen LogP contribution in [-0.2, 0) is 14.3 Å². The molecule has 0 unspecified atom stereocenters. The fourth-order valence-corrected chi connectivity index (χ4v) is 1.71. The van der Waals surface area contributed by atoms with Crippen LogP contribution in [0.3, 0.4) is 0 Å². The molecular formula is C9H11NO3. The minimum absolute atomic E-state index is 0.209. The van der Waals surface area contributed by atoms with Crippen molar-refractivity contribution in [2.75, 3.05) is 13.7 Å². The summed E-state index contributed by atoms with van der Waals surface area (Å²) in [4.78, 5) is 23.9. The van der Waals surface area contributed by atoms with Crippen LogP contribution in [0.1, 0.15) is 12.8 Å². The Kier molecular flexibility index (Phi) is 1.73. The Morgan fingerprint density at radius 2 is 1.92 bits per heavy atom. The van der Waals surface area contributed by atoms with Crippen LogP contribution in [0.25, 0.3) is 0 Å². The van der Waals surface area contributed by atoms with Crippen LogP contribution in [0, 0.1) is 0 Å². The molecule has 0 bridgehead atoms. The van der Waals surface area contributed by atoms with Gasteiger partial charge in [-0.25, -0.2) is 0 Å². The summed E-state index contributed by atoms with van der Waals surface area (Å²) >= 11 is 0. The van der Waals surface area contributed by atoms with Crippen LogP contribution in [-0.4, -0.2) is 36.0 Å². The summed E-state index contributed by atoms with van der Waals surface area (Å²) in [6, 6.07) is 0. The number of carbonyl (C=O) groups excluding carboxylic acids is 2. The molecule has 1 aliphatic heterocycles. The predicted octanol–water partition coefficient (Wildman–Crippen LogP) is 0.0904. The Hall–Kier alpha value is -1.16. The normalized spacial score (nSPS) is 24.2. The van der Waals surface area contributed by atoms with E-state index >= 15 is 0 Å². The van der Waals surface area contributed by atoms with Crippen LogP contribution in [0.15, 0.2) is 12.2 Å². The topological polar surface area (TPSA) is 46.6 Å². The highest BCUT2D eigenvalue weighted by Gasteiger charge is 2.53. The van der Waals surface area contributed by atoms with Gasteiger partial charge >= 0.3 is 0 Å². The molecule has 1 fully saturated rings. The van der Waals surface area contributed by atoms with E-state index in [1.54, 1.807) is 7.11 Å². The summed E-state index contributed by atoms with van der Waals surface area (Å²) in [5, 5.41) is 0. The molecule has 1 heterocycles. The molecule has 4 heteroatoms. The number of imide groups is 1. The van der Waals surface area contributed by atoms with E-state index in [1.807, 2.05) is 0 Å². The highest BCUT2D eigenvalue weighted by Crippen LogP contribution is 2.43. The molecule has 1 aliphatic carbocycles. The Bertz CT molecular complexity index is 273. The van der Waals surface area contributed by atoms with Gasteiger partial charge in [0.2, 0.25) is 0 Å². The molecule has 0 saturated heterocycles. The molecule has 2 rings (SSSR count). The lowest BCUT2D eigenvalue weighted by molar-refractivity contribution is -0.141. The van der Waals surface area contributed by atoms with Crippen LogP contribution in [0.2, 0.25) is 0 Å². The Labute approximate surface area is 76.2 Å². The van der Waals surface area contributed by atoms with Crippen molar-refractivity contribution >= 4 is 11.8 Å². The van der Waals surface area contributed by atoms with E-state index in [-0.39, 0.29) is 17.4 Å². The third kappa shape index (κ3) is 1.18. The summed E-state index contributed by atoms with van der Waals surface area (Å²) in [5.41, 5.74) is -0.327.